The highest BCUT2D eigenvalue weighted by Crippen LogP contribution is 2.31. The number of benzene rings is 3. The molecule has 0 radical (unpaired) electrons. The van der Waals surface area contributed by atoms with Gasteiger partial charge in [0.15, 0.2) is 0 Å². The molecule has 11 heteroatoms. The van der Waals surface area contributed by atoms with E-state index in [2.05, 4.69) is 5.32 Å². The normalized spacial score (nSPS) is 12.1. The quantitative estimate of drug-likeness (QED) is 0.370. The Bertz CT molecular complexity index is 1380. The van der Waals surface area contributed by atoms with Gasteiger partial charge in [-0.2, -0.15) is 0 Å². The molecule has 3 rings (SSSR count). The van der Waals surface area contributed by atoms with Gasteiger partial charge in [-0.1, -0.05) is 64.6 Å². The highest BCUT2D eigenvalue weighted by molar-refractivity contribution is 7.92. The monoisotopic (exact) mass is 581 g/mol. The summed E-state index contributed by atoms with van der Waals surface area (Å²) in [5, 5.41) is 3.43. The van der Waals surface area contributed by atoms with Crippen LogP contribution in [0.25, 0.3) is 0 Å². The van der Waals surface area contributed by atoms with Crippen molar-refractivity contribution in [1.29, 1.82) is 0 Å². The number of amides is 2. The van der Waals surface area contributed by atoms with E-state index in [0.29, 0.717) is 5.02 Å². The second-order valence-corrected chi connectivity index (χ2v) is 11.5. The molecule has 0 saturated carbocycles. The molecule has 0 heterocycles. The van der Waals surface area contributed by atoms with Crippen LogP contribution in [0.4, 0.5) is 5.69 Å². The molecule has 1 unspecified atom stereocenters. The maximum Gasteiger partial charge on any atom is 0.264 e. The van der Waals surface area contributed by atoms with Crippen LogP contribution in [0.2, 0.25) is 15.1 Å². The SMILES string of the molecule is CNC(=O)C(C)N(Cc1ccc(Cl)cc1)C(=O)CN(c1ccc(Cl)c(Cl)c1)S(=O)(=O)c1ccc(C)cc1. The van der Waals surface area contributed by atoms with Crippen molar-refractivity contribution < 1.29 is 18.0 Å². The van der Waals surface area contributed by atoms with E-state index in [9.17, 15) is 18.0 Å². The fraction of sp³-hybridized carbons (Fsp3) is 0.231. The molecule has 0 saturated heterocycles. The summed E-state index contributed by atoms with van der Waals surface area (Å²) in [7, 11) is -2.73. The molecule has 0 aliphatic rings. The van der Waals surface area contributed by atoms with Gasteiger partial charge in [0.2, 0.25) is 11.8 Å². The van der Waals surface area contributed by atoms with Gasteiger partial charge in [-0.3, -0.25) is 13.9 Å². The Hall–Kier alpha value is -2.78. The topological polar surface area (TPSA) is 86.8 Å². The minimum atomic E-state index is -4.19. The maximum atomic E-state index is 13.7. The van der Waals surface area contributed by atoms with E-state index in [0.717, 1.165) is 15.4 Å². The molecule has 37 heavy (non-hydrogen) atoms. The van der Waals surface area contributed by atoms with Crippen molar-refractivity contribution in [2.24, 2.45) is 0 Å². The predicted molar refractivity (Wildman–Crippen MR) is 148 cm³/mol. The lowest BCUT2D eigenvalue weighted by molar-refractivity contribution is -0.139. The molecular formula is C26H26Cl3N3O4S. The predicted octanol–water partition coefficient (Wildman–Crippen LogP) is 5.31. The van der Waals surface area contributed by atoms with Gasteiger partial charge in [0, 0.05) is 18.6 Å². The number of hydrogen-bond donors (Lipinski definition) is 1. The molecule has 0 aliphatic carbocycles. The third kappa shape index (κ3) is 6.96. The molecule has 3 aromatic rings. The molecule has 0 aromatic heterocycles. The minimum absolute atomic E-state index is 0.000531. The zero-order valence-electron chi connectivity index (χ0n) is 20.4. The zero-order valence-corrected chi connectivity index (χ0v) is 23.5. The largest absolute Gasteiger partial charge is 0.357 e. The first-order valence-corrected chi connectivity index (χ1v) is 13.8. The average Bonchev–Trinajstić information content (AvgIpc) is 2.87. The number of carbonyl (C=O) groups excluding carboxylic acids is 2. The van der Waals surface area contributed by atoms with Gasteiger partial charge in [0.25, 0.3) is 10.0 Å². The van der Waals surface area contributed by atoms with E-state index in [4.69, 9.17) is 34.8 Å². The van der Waals surface area contributed by atoms with Gasteiger partial charge < -0.3 is 10.2 Å². The van der Waals surface area contributed by atoms with Crippen LogP contribution in [-0.2, 0) is 26.2 Å². The molecule has 0 fully saturated rings. The first-order valence-electron chi connectivity index (χ1n) is 11.2. The lowest BCUT2D eigenvalue weighted by Crippen LogP contribution is -2.50. The van der Waals surface area contributed by atoms with Crippen molar-refractivity contribution in [3.63, 3.8) is 0 Å². The molecule has 0 bridgehead atoms. The number of anilines is 1. The van der Waals surface area contributed by atoms with Gasteiger partial charge in [0.1, 0.15) is 12.6 Å². The van der Waals surface area contributed by atoms with Crippen molar-refractivity contribution in [2.45, 2.75) is 31.3 Å². The number of hydrogen-bond acceptors (Lipinski definition) is 4. The number of nitrogens with zero attached hydrogens (tertiary/aromatic N) is 2. The van der Waals surface area contributed by atoms with Gasteiger partial charge in [-0.25, -0.2) is 8.42 Å². The third-order valence-electron chi connectivity index (χ3n) is 5.76. The Morgan fingerprint density at radius 3 is 2.11 bits per heavy atom. The third-order valence-corrected chi connectivity index (χ3v) is 8.54. The van der Waals surface area contributed by atoms with Gasteiger partial charge in [-0.05, 0) is 61.9 Å². The fourth-order valence-corrected chi connectivity index (χ4v) is 5.41. The Balaban J connectivity index is 2.05. The molecule has 1 atom stereocenters. The van der Waals surface area contributed by atoms with Crippen LogP contribution in [0.1, 0.15) is 18.1 Å². The second kappa shape index (κ2) is 12.2. The average molecular weight is 583 g/mol. The van der Waals surface area contributed by atoms with Crippen molar-refractivity contribution in [2.75, 3.05) is 17.9 Å². The number of sulfonamides is 1. The van der Waals surface area contributed by atoms with Crippen LogP contribution in [0.3, 0.4) is 0 Å². The molecule has 3 aromatic carbocycles. The van der Waals surface area contributed by atoms with E-state index >= 15 is 0 Å². The van der Waals surface area contributed by atoms with Crippen LogP contribution < -0.4 is 9.62 Å². The fourth-order valence-electron chi connectivity index (χ4n) is 3.58. The summed E-state index contributed by atoms with van der Waals surface area (Å²) in [6.45, 7) is 2.89. The summed E-state index contributed by atoms with van der Waals surface area (Å²) in [4.78, 5) is 27.5. The minimum Gasteiger partial charge on any atom is -0.357 e. The summed E-state index contributed by atoms with van der Waals surface area (Å²) in [5.74, 6) is -0.988. The van der Waals surface area contributed by atoms with E-state index in [1.165, 1.54) is 42.3 Å². The Morgan fingerprint density at radius 2 is 1.54 bits per heavy atom. The van der Waals surface area contributed by atoms with Crippen molar-refractivity contribution in [1.82, 2.24) is 10.2 Å². The molecule has 196 valence electrons. The van der Waals surface area contributed by atoms with E-state index in [1.807, 2.05) is 6.92 Å². The van der Waals surface area contributed by atoms with Crippen LogP contribution in [0, 0.1) is 6.92 Å². The highest BCUT2D eigenvalue weighted by Gasteiger charge is 2.32. The molecular weight excluding hydrogens is 557 g/mol. The van der Waals surface area contributed by atoms with Gasteiger partial charge in [0.05, 0.1) is 20.6 Å². The molecule has 7 nitrogen and oxygen atoms in total. The molecule has 1 N–H and O–H groups in total. The van der Waals surface area contributed by atoms with Crippen LogP contribution in [0.5, 0.6) is 0 Å². The number of nitrogens with one attached hydrogen (secondary N) is 1. The number of rotatable bonds is 9. The maximum absolute atomic E-state index is 13.7. The number of carbonyl (C=O) groups is 2. The lowest BCUT2D eigenvalue weighted by Gasteiger charge is -2.32. The van der Waals surface area contributed by atoms with E-state index in [-0.39, 0.29) is 27.2 Å². The highest BCUT2D eigenvalue weighted by atomic mass is 35.5. The van der Waals surface area contributed by atoms with Crippen LogP contribution >= 0.6 is 34.8 Å². The summed E-state index contributed by atoms with van der Waals surface area (Å²) in [5.41, 5.74) is 1.75. The summed E-state index contributed by atoms with van der Waals surface area (Å²) in [6, 6.07) is 16.5. The standard InChI is InChI=1S/C26H26Cl3N3O4S/c1-17-4-11-22(12-5-17)37(35,36)32(21-10-13-23(28)24(29)14-21)16-25(33)31(18(2)26(34)30-3)15-19-6-8-20(27)9-7-19/h4-14,18H,15-16H2,1-3H3,(H,30,34). The Morgan fingerprint density at radius 1 is 0.919 bits per heavy atom. The lowest BCUT2D eigenvalue weighted by atomic mass is 10.1. The number of halogens is 3. The molecule has 0 spiro atoms. The summed E-state index contributed by atoms with van der Waals surface area (Å²) < 4.78 is 28.4. The number of aryl methyl sites for hydroxylation is 1. The van der Waals surface area contributed by atoms with Gasteiger partial charge in [-0.15, -0.1) is 0 Å². The molecule has 0 aliphatic heterocycles. The van der Waals surface area contributed by atoms with E-state index in [1.54, 1.807) is 43.3 Å². The van der Waals surface area contributed by atoms with E-state index < -0.39 is 34.4 Å². The zero-order chi connectivity index (χ0) is 27.3. The van der Waals surface area contributed by atoms with Crippen LogP contribution in [0.15, 0.2) is 71.6 Å². The van der Waals surface area contributed by atoms with Crippen molar-refractivity contribution in [3.8, 4) is 0 Å². The molecule has 2 amide bonds. The van der Waals surface area contributed by atoms with Crippen molar-refractivity contribution in [3.05, 3.63) is 92.9 Å². The first kappa shape index (κ1) is 28.8. The summed E-state index contributed by atoms with van der Waals surface area (Å²) >= 11 is 18.2. The first-order chi connectivity index (χ1) is 17.4. The van der Waals surface area contributed by atoms with Crippen molar-refractivity contribution >= 4 is 62.3 Å². The van der Waals surface area contributed by atoms with Crippen LogP contribution in [-0.4, -0.2) is 44.8 Å². The number of likely N-dealkylation sites (N-methyl/N-ethyl adjacent to an activating group) is 1. The smallest absolute Gasteiger partial charge is 0.264 e. The Kier molecular flexibility index (Phi) is 9.47. The Labute approximate surface area is 232 Å². The summed E-state index contributed by atoms with van der Waals surface area (Å²) in [6.07, 6.45) is 0. The van der Waals surface area contributed by atoms with Gasteiger partial charge >= 0.3 is 0 Å². The second-order valence-electron chi connectivity index (χ2n) is 8.36.